The molecule has 1 heterocycles. The third-order valence-corrected chi connectivity index (χ3v) is 3.66. The second-order valence-corrected chi connectivity index (χ2v) is 5.30. The second-order valence-electron chi connectivity index (χ2n) is 5.30. The van der Waals surface area contributed by atoms with E-state index in [1.54, 1.807) is 25.6 Å². The Morgan fingerprint density at radius 2 is 2.00 bits per heavy atom. The van der Waals surface area contributed by atoms with Gasteiger partial charge in [0.1, 0.15) is 5.75 Å². The number of nitrogens with zero attached hydrogens (tertiary/aromatic N) is 1. The summed E-state index contributed by atoms with van der Waals surface area (Å²) in [6.07, 6.45) is 4.12. The number of hydrogen-bond donors (Lipinski definition) is 2. The van der Waals surface area contributed by atoms with E-state index in [9.17, 15) is 9.90 Å². The highest BCUT2D eigenvalue weighted by atomic mass is 16.5. The number of hydrogen-bond acceptors (Lipinski definition) is 4. The minimum Gasteiger partial charge on any atom is -0.497 e. The average Bonchev–Trinajstić information content (AvgIpc) is 2.61. The molecular weight excluding hydrogens is 292 g/mol. The monoisotopic (exact) mass is 314 g/mol. The first-order valence-corrected chi connectivity index (χ1v) is 7.69. The molecule has 23 heavy (non-hydrogen) atoms. The van der Waals surface area contributed by atoms with Gasteiger partial charge in [0, 0.05) is 24.5 Å². The Balaban J connectivity index is 2.05. The van der Waals surface area contributed by atoms with Crippen LogP contribution in [-0.2, 0) is 0 Å². The Labute approximate surface area is 136 Å². The quantitative estimate of drug-likeness (QED) is 0.824. The molecule has 0 saturated heterocycles. The van der Waals surface area contributed by atoms with Crippen molar-refractivity contribution in [1.82, 2.24) is 10.3 Å². The van der Waals surface area contributed by atoms with Crippen LogP contribution in [0.4, 0.5) is 0 Å². The standard InChI is InChI=1S/C18H22N2O3/c1-3-16(21)8-9-20-18(22)15-10-14(11-19-12-15)13-4-6-17(23-2)7-5-13/h4-7,10-12,16,21H,3,8-9H2,1-2H3,(H,20,22). The van der Waals surface area contributed by atoms with E-state index in [2.05, 4.69) is 10.3 Å². The summed E-state index contributed by atoms with van der Waals surface area (Å²) in [4.78, 5) is 16.3. The molecule has 0 radical (unpaired) electrons. The van der Waals surface area contributed by atoms with Crippen molar-refractivity contribution in [2.24, 2.45) is 0 Å². The minimum atomic E-state index is -0.376. The highest BCUT2D eigenvalue weighted by molar-refractivity contribution is 5.95. The number of pyridine rings is 1. The van der Waals surface area contributed by atoms with Crippen LogP contribution in [0.3, 0.4) is 0 Å². The summed E-state index contributed by atoms with van der Waals surface area (Å²) >= 11 is 0. The lowest BCUT2D eigenvalue weighted by Gasteiger charge is -2.09. The van der Waals surface area contributed by atoms with Gasteiger partial charge in [0.25, 0.3) is 5.91 Å². The molecule has 1 unspecified atom stereocenters. The van der Waals surface area contributed by atoms with Crippen molar-refractivity contribution in [1.29, 1.82) is 0 Å². The molecule has 2 N–H and O–H groups in total. The van der Waals surface area contributed by atoms with Gasteiger partial charge in [-0.15, -0.1) is 0 Å². The SMILES string of the molecule is CCC(O)CCNC(=O)c1cncc(-c2ccc(OC)cc2)c1. The summed E-state index contributed by atoms with van der Waals surface area (Å²) in [5.41, 5.74) is 2.34. The summed E-state index contributed by atoms with van der Waals surface area (Å²) in [6.45, 7) is 2.36. The zero-order chi connectivity index (χ0) is 16.7. The van der Waals surface area contributed by atoms with Crippen LogP contribution in [0.1, 0.15) is 30.1 Å². The van der Waals surface area contributed by atoms with Crippen LogP contribution in [0.5, 0.6) is 5.75 Å². The topological polar surface area (TPSA) is 71.5 Å². The number of carbonyl (C=O) groups is 1. The first-order valence-electron chi connectivity index (χ1n) is 7.69. The van der Waals surface area contributed by atoms with Crippen LogP contribution < -0.4 is 10.1 Å². The van der Waals surface area contributed by atoms with Gasteiger partial charge in [-0.25, -0.2) is 0 Å². The number of benzene rings is 1. The van der Waals surface area contributed by atoms with Gasteiger partial charge in [0.05, 0.1) is 18.8 Å². The van der Waals surface area contributed by atoms with E-state index in [1.165, 1.54) is 0 Å². The van der Waals surface area contributed by atoms with Crippen LogP contribution >= 0.6 is 0 Å². The molecule has 0 spiro atoms. The number of methoxy groups -OCH3 is 1. The molecule has 5 nitrogen and oxygen atoms in total. The van der Waals surface area contributed by atoms with Crippen LogP contribution in [0.15, 0.2) is 42.7 Å². The fourth-order valence-electron chi connectivity index (χ4n) is 2.16. The van der Waals surface area contributed by atoms with Crippen molar-refractivity contribution in [3.05, 3.63) is 48.3 Å². The predicted octanol–water partition coefficient (Wildman–Crippen LogP) is 2.65. The Bertz CT molecular complexity index is 641. The molecule has 0 aliphatic heterocycles. The molecule has 0 fully saturated rings. The van der Waals surface area contributed by atoms with Gasteiger partial charge >= 0.3 is 0 Å². The first-order chi connectivity index (χ1) is 11.1. The lowest BCUT2D eigenvalue weighted by atomic mass is 10.1. The third-order valence-electron chi connectivity index (χ3n) is 3.66. The number of carbonyl (C=O) groups excluding carboxylic acids is 1. The third kappa shape index (κ3) is 4.79. The minimum absolute atomic E-state index is 0.184. The van der Waals surface area contributed by atoms with Crippen LogP contribution in [0, 0.1) is 0 Å². The van der Waals surface area contributed by atoms with Crippen molar-refractivity contribution >= 4 is 5.91 Å². The summed E-state index contributed by atoms with van der Waals surface area (Å²) in [5, 5.41) is 12.3. The van der Waals surface area contributed by atoms with Gasteiger partial charge in [0.2, 0.25) is 0 Å². The van der Waals surface area contributed by atoms with Gasteiger partial charge in [-0.2, -0.15) is 0 Å². The fourth-order valence-corrected chi connectivity index (χ4v) is 2.16. The summed E-state index contributed by atoms with van der Waals surface area (Å²) in [5.74, 6) is 0.598. The maximum absolute atomic E-state index is 12.1. The molecule has 0 aliphatic carbocycles. The molecule has 5 heteroatoms. The van der Waals surface area contributed by atoms with Crippen molar-refractivity contribution in [3.63, 3.8) is 0 Å². The second kappa shape index (κ2) is 8.29. The summed E-state index contributed by atoms with van der Waals surface area (Å²) < 4.78 is 5.14. The molecule has 0 saturated carbocycles. The zero-order valence-electron chi connectivity index (χ0n) is 13.5. The highest BCUT2D eigenvalue weighted by Gasteiger charge is 2.09. The Morgan fingerprint density at radius 1 is 1.26 bits per heavy atom. The summed E-state index contributed by atoms with van der Waals surface area (Å²) in [6, 6.07) is 9.40. The number of amides is 1. The largest absolute Gasteiger partial charge is 0.497 e. The number of aliphatic hydroxyl groups excluding tert-OH is 1. The Kier molecular flexibility index (Phi) is 6.11. The van der Waals surface area contributed by atoms with Gasteiger partial charge in [-0.05, 0) is 36.6 Å². The molecular formula is C18H22N2O3. The van der Waals surface area contributed by atoms with E-state index < -0.39 is 0 Å². The van der Waals surface area contributed by atoms with Gasteiger partial charge in [-0.1, -0.05) is 19.1 Å². The normalized spacial score (nSPS) is 11.8. The van der Waals surface area contributed by atoms with E-state index in [0.29, 0.717) is 24.9 Å². The number of nitrogens with one attached hydrogen (secondary N) is 1. The van der Waals surface area contributed by atoms with Crippen molar-refractivity contribution in [2.45, 2.75) is 25.9 Å². The maximum atomic E-state index is 12.1. The molecule has 2 rings (SSSR count). The van der Waals surface area contributed by atoms with E-state index in [-0.39, 0.29) is 12.0 Å². The first kappa shape index (κ1) is 17.0. The van der Waals surface area contributed by atoms with Crippen molar-refractivity contribution in [3.8, 4) is 16.9 Å². The van der Waals surface area contributed by atoms with Crippen molar-refractivity contribution in [2.75, 3.05) is 13.7 Å². The van der Waals surface area contributed by atoms with Gasteiger partial charge < -0.3 is 15.2 Å². The van der Waals surface area contributed by atoms with E-state index in [4.69, 9.17) is 4.74 Å². The average molecular weight is 314 g/mol. The van der Waals surface area contributed by atoms with E-state index in [1.807, 2.05) is 31.2 Å². The smallest absolute Gasteiger partial charge is 0.252 e. The number of aliphatic hydroxyl groups is 1. The van der Waals surface area contributed by atoms with Crippen LogP contribution in [0.2, 0.25) is 0 Å². The maximum Gasteiger partial charge on any atom is 0.252 e. The molecule has 1 atom stereocenters. The molecule has 1 aromatic heterocycles. The molecule has 0 aliphatic rings. The van der Waals surface area contributed by atoms with Crippen molar-refractivity contribution < 1.29 is 14.6 Å². The lowest BCUT2D eigenvalue weighted by Crippen LogP contribution is -2.27. The van der Waals surface area contributed by atoms with Gasteiger partial charge in [-0.3, -0.25) is 9.78 Å². The highest BCUT2D eigenvalue weighted by Crippen LogP contribution is 2.22. The van der Waals surface area contributed by atoms with Gasteiger partial charge in [0.15, 0.2) is 0 Å². The number of rotatable bonds is 7. The van der Waals surface area contributed by atoms with Crippen LogP contribution in [-0.4, -0.2) is 35.8 Å². The predicted molar refractivity (Wildman–Crippen MR) is 89.5 cm³/mol. The zero-order valence-corrected chi connectivity index (χ0v) is 13.5. The van der Waals surface area contributed by atoms with Crippen LogP contribution in [0.25, 0.3) is 11.1 Å². The lowest BCUT2D eigenvalue weighted by molar-refractivity contribution is 0.0941. The van der Waals surface area contributed by atoms with E-state index in [0.717, 1.165) is 16.9 Å². The Hall–Kier alpha value is -2.40. The molecule has 1 amide bonds. The molecule has 2 aromatic rings. The molecule has 0 bridgehead atoms. The molecule has 122 valence electrons. The number of aromatic nitrogens is 1. The fraction of sp³-hybridized carbons (Fsp3) is 0.333. The number of ether oxygens (including phenoxy) is 1. The van der Waals surface area contributed by atoms with E-state index >= 15 is 0 Å². The Morgan fingerprint density at radius 3 is 2.65 bits per heavy atom. The summed E-state index contributed by atoms with van der Waals surface area (Å²) in [7, 11) is 1.62. The molecule has 1 aromatic carbocycles.